The Kier molecular flexibility index (Phi) is 5.77. The topological polar surface area (TPSA) is 56.1 Å². The summed E-state index contributed by atoms with van der Waals surface area (Å²) in [5.74, 6) is -0.409. The van der Waals surface area contributed by atoms with Gasteiger partial charge >= 0.3 is 0 Å². The second kappa shape index (κ2) is 7.79. The van der Waals surface area contributed by atoms with E-state index in [1.807, 2.05) is 67.5 Å². The van der Waals surface area contributed by atoms with Gasteiger partial charge in [-0.05, 0) is 58.5 Å². The van der Waals surface area contributed by atoms with Gasteiger partial charge in [0.1, 0.15) is 11.6 Å². The second-order valence-electron chi connectivity index (χ2n) is 5.09. The molecule has 4 nitrogen and oxygen atoms in total. The van der Waals surface area contributed by atoms with Crippen LogP contribution >= 0.6 is 22.6 Å². The number of nitrogens with one attached hydrogen (secondary N) is 1. The summed E-state index contributed by atoms with van der Waals surface area (Å²) >= 11 is 2.14. The molecule has 0 bridgehead atoms. The number of halogens is 1. The lowest BCUT2D eigenvalue weighted by atomic mass is 10.1. The van der Waals surface area contributed by atoms with Gasteiger partial charge in [0.2, 0.25) is 0 Å². The molecular formula is C18H16IN3O. The zero-order valence-corrected chi connectivity index (χ0v) is 15.0. The van der Waals surface area contributed by atoms with Gasteiger partial charge in [0.25, 0.3) is 5.91 Å². The summed E-state index contributed by atoms with van der Waals surface area (Å²) in [6.45, 7) is 0. The van der Waals surface area contributed by atoms with Crippen LogP contribution in [0.5, 0.6) is 0 Å². The molecule has 0 aliphatic rings. The fourth-order valence-electron chi connectivity index (χ4n) is 1.94. The maximum Gasteiger partial charge on any atom is 0.266 e. The van der Waals surface area contributed by atoms with Crippen molar-refractivity contribution in [2.45, 2.75) is 0 Å². The SMILES string of the molecule is CN(C)c1ccc(C=C(C#N)C(=O)Nc2ccccc2I)cc1. The van der Waals surface area contributed by atoms with E-state index in [0.29, 0.717) is 5.69 Å². The smallest absolute Gasteiger partial charge is 0.266 e. The first-order valence-corrected chi connectivity index (χ1v) is 8.04. The summed E-state index contributed by atoms with van der Waals surface area (Å²) in [6, 6.07) is 17.0. The van der Waals surface area contributed by atoms with E-state index in [9.17, 15) is 10.1 Å². The molecule has 2 aromatic rings. The first-order chi connectivity index (χ1) is 11.0. The molecule has 0 unspecified atom stereocenters. The molecule has 0 aliphatic carbocycles. The van der Waals surface area contributed by atoms with Crippen molar-refractivity contribution in [3.8, 4) is 6.07 Å². The van der Waals surface area contributed by atoms with Crippen LogP contribution in [0.4, 0.5) is 11.4 Å². The van der Waals surface area contributed by atoms with Crippen LogP contribution in [0.3, 0.4) is 0 Å². The largest absolute Gasteiger partial charge is 0.378 e. The van der Waals surface area contributed by atoms with Crippen LogP contribution in [0, 0.1) is 14.9 Å². The van der Waals surface area contributed by atoms with Crippen molar-refractivity contribution >= 4 is 45.9 Å². The lowest BCUT2D eigenvalue weighted by Gasteiger charge is -2.12. The highest BCUT2D eigenvalue weighted by atomic mass is 127. The van der Waals surface area contributed by atoms with E-state index in [2.05, 4.69) is 27.9 Å². The van der Waals surface area contributed by atoms with E-state index >= 15 is 0 Å². The van der Waals surface area contributed by atoms with Crippen molar-refractivity contribution < 1.29 is 4.79 Å². The van der Waals surface area contributed by atoms with E-state index < -0.39 is 5.91 Å². The molecule has 5 heteroatoms. The number of benzene rings is 2. The van der Waals surface area contributed by atoms with Crippen LogP contribution in [0.2, 0.25) is 0 Å². The van der Waals surface area contributed by atoms with E-state index in [0.717, 1.165) is 14.8 Å². The molecular weight excluding hydrogens is 401 g/mol. The Labute approximate surface area is 149 Å². The number of rotatable bonds is 4. The Bertz CT molecular complexity index is 774. The number of anilines is 2. The normalized spacial score (nSPS) is 10.8. The molecule has 0 aromatic heterocycles. The van der Waals surface area contributed by atoms with Crippen LogP contribution in [0.15, 0.2) is 54.1 Å². The predicted octanol–water partition coefficient (Wildman–Crippen LogP) is 3.90. The van der Waals surface area contributed by atoms with E-state index in [1.54, 1.807) is 12.1 Å². The molecule has 0 radical (unpaired) electrons. The minimum Gasteiger partial charge on any atom is -0.378 e. The first kappa shape index (κ1) is 17.0. The summed E-state index contributed by atoms with van der Waals surface area (Å²) < 4.78 is 0.922. The number of carbonyl (C=O) groups is 1. The van der Waals surface area contributed by atoms with Crippen molar-refractivity contribution in [2.75, 3.05) is 24.3 Å². The van der Waals surface area contributed by atoms with Crippen molar-refractivity contribution in [1.29, 1.82) is 5.26 Å². The van der Waals surface area contributed by atoms with Crippen LogP contribution < -0.4 is 10.2 Å². The summed E-state index contributed by atoms with van der Waals surface area (Å²) in [6.07, 6.45) is 1.59. The Balaban J connectivity index is 2.20. The number of nitrogens with zero attached hydrogens (tertiary/aromatic N) is 2. The second-order valence-corrected chi connectivity index (χ2v) is 6.25. The lowest BCUT2D eigenvalue weighted by molar-refractivity contribution is -0.112. The zero-order chi connectivity index (χ0) is 16.8. The van der Waals surface area contributed by atoms with Gasteiger partial charge in [-0.25, -0.2) is 0 Å². The van der Waals surface area contributed by atoms with Gasteiger partial charge < -0.3 is 10.2 Å². The Morgan fingerprint density at radius 1 is 1.17 bits per heavy atom. The van der Waals surface area contributed by atoms with Crippen molar-refractivity contribution in [3.05, 3.63) is 63.2 Å². The highest BCUT2D eigenvalue weighted by Gasteiger charge is 2.11. The minimum atomic E-state index is -0.409. The monoisotopic (exact) mass is 417 g/mol. The number of nitriles is 1. The predicted molar refractivity (Wildman–Crippen MR) is 102 cm³/mol. The summed E-state index contributed by atoms with van der Waals surface area (Å²) in [4.78, 5) is 14.3. The number of hydrogen-bond acceptors (Lipinski definition) is 3. The van der Waals surface area contributed by atoms with Crippen LogP contribution in [-0.4, -0.2) is 20.0 Å². The maximum absolute atomic E-state index is 12.3. The van der Waals surface area contributed by atoms with Gasteiger partial charge in [-0.2, -0.15) is 5.26 Å². The maximum atomic E-state index is 12.3. The van der Waals surface area contributed by atoms with Crippen LogP contribution in [0.1, 0.15) is 5.56 Å². The van der Waals surface area contributed by atoms with Gasteiger partial charge in [-0.3, -0.25) is 4.79 Å². The number of hydrogen-bond donors (Lipinski definition) is 1. The van der Waals surface area contributed by atoms with Crippen molar-refractivity contribution in [1.82, 2.24) is 0 Å². The lowest BCUT2D eigenvalue weighted by Crippen LogP contribution is -2.14. The third kappa shape index (κ3) is 4.57. The van der Waals surface area contributed by atoms with Gasteiger partial charge in [0.15, 0.2) is 0 Å². The van der Waals surface area contributed by atoms with E-state index in [4.69, 9.17) is 0 Å². The van der Waals surface area contributed by atoms with Gasteiger partial charge in [0, 0.05) is 23.4 Å². The molecule has 23 heavy (non-hydrogen) atoms. The van der Waals surface area contributed by atoms with E-state index in [-0.39, 0.29) is 5.57 Å². The van der Waals surface area contributed by atoms with Crippen molar-refractivity contribution in [3.63, 3.8) is 0 Å². The highest BCUT2D eigenvalue weighted by molar-refractivity contribution is 14.1. The minimum absolute atomic E-state index is 0.0715. The van der Waals surface area contributed by atoms with Crippen LogP contribution in [-0.2, 0) is 4.79 Å². The third-order valence-electron chi connectivity index (χ3n) is 3.21. The molecule has 1 amide bonds. The Hall–Kier alpha value is -2.33. The standard InChI is InChI=1S/C18H16IN3O/c1-22(2)15-9-7-13(8-10-15)11-14(12-20)18(23)21-17-6-4-3-5-16(17)19/h3-11H,1-2H3,(H,21,23). The average molecular weight is 417 g/mol. The van der Waals surface area contributed by atoms with E-state index in [1.165, 1.54) is 0 Å². The molecule has 2 rings (SSSR count). The van der Waals surface area contributed by atoms with Crippen molar-refractivity contribution in [2.24, 2.45) is 0 Å². The molecule has 0 heterocycles. The number of carbonyl (C=O) groups excluding carboxylic acids is 1. The first-order valence-electron chi connectivity index (χ1n) is 6.96. The molecule has 0 atom stereocenters. The molecule has 0 aliphatic heterocycles. The third-order valence-corrected chi connectivity index (χ3v) is 4.15. The summed E-state index contributed by atoms with van der Waals surface area (Å²) in [5, 5.41) is 12.0. The quantitative estimate of drug-likeness (QED) is 0.467. The molecule has 0 saturated carbocycles. The Morgan fingerprint density at radius 3 is 2.39 bits per heavy atom. The fourth-order valence-corrected chi connectivity index (χ4v) is 2.46. The summed E-state index contributed by atoms with van der Waals surface area (Å²) in [7, 11) is 3.92. The van der Waals surface area contributed by atoms with Crippen LogP contribution in [0.25, 0.3) is 6.08 Å². The molecule has 116 valence electrons. The van der Waals surface area contributed by atoms with Gasteiger partial charge in [-0.15, -0.1) is 0 Å². The molecule has 0 saturated heterocycles. The number of para-hydroxylation sites is 1. The molecule has 2 aromatic carbocycles. The molecule has 1 N–H and O–H groups in total. The number of amides is 1. The zero-order valence-electron chi connectivity index (χ0n) is 12.9. The summed E-state index contributed by atoms with van der Waals surface area (Å²) in [5.41, 5.74) is 2.64. The van der Waals surface area contributed by atoms with Gasteiger partial charge in [0.05, 0.1) is 5.69 Å². The molecule has 0 fully saturated rings. The highest BCUT2D eigenvalue weighted by Crippen LogP contribution is 2.19. The average Bonchev–Trinajstić information content (AvgIpc) is 2.55. The van der Waals surface area contributed by atoms with Gasteiger partial charge in [-0.1, -0.05) is 24.3 Å². The Morgan fingerprint density at radius 2 is 1.83 bits per heavy atom. The molecule has 0 spiro atoms. The fraction of sp³-hybridized carbons (Fsp3) is 0.111.